The quantitative estimate of drug-likeness (QED) is 0.0871. The second-order valence-corrected chi connectivity index (χ2v) is 22.1. The Morgan fingerprint density at radius 3 is 1.21 bits per heavy atom. The molecule has 0 radical (unpaired) electrons. The van der Waals surface area contributed by atoms with Gasteiger partial charge in [-0.05, 0) is 131 Å². The fourth-order valence-electron chi connectivity index (χ4n) is 10.6. The lowest BCUT2D eigenvalue weighted by Gasteiger charge is -2.20. The second kappa shape index (κ2) is 30.6. The van der Waals surface area contributed by atoms with Crippen LogP contribution in [-0.2, 0) is 58.7 Å². The van der Waals surface area contributed by atoms with Crippen LogP contribution in [0.1, 0.15) is 138 Å². The van der Waals surface area contributed by atoms with Gasteiger partial charge in [-0.3, -0.25) is 19.2 Å². The Balaban J connectivity index is 0.000000126. The number of anilines is 1. The minimum atomic E-state index is -0.139. The Hall–Kier alpha value is -10.6. The topological polar surface area (TPSA) is 219 Å². The van der Waals surface area contributed by atoms with Crippen LogP contribution in [0.4, 0.5) is 5.69 Å². The monoisotopic (exact) mass is 1230 g/mol. The molecule has 1 aliphatic carbocycles. The fraction of sp³-hybridized carbons (Fsp3) is 0.278. The van der Waals surface area contributed by atoms with E-state index in [-0.39, 0.29) is 49.9 Å². The Bertz CT molecular complexity index is 3980. The van der Waals surface area contributed by atoms with Gasteiger partial charge in [0.2, 0.25) is 40.8 Å². The van der Waals surface area contributed by atoms with Crippen molar-refractivity contribution in [2.24, 2.45) is 0 Å². The minimum Gasteiger partial charge on any atom is -0.484 e. The highest BCUT2D eigenvalue weighted by Crippen LogP contribution is 2.28. The van der Waals surface area contributed by atoms with Crippen LogP contribution >= 0.6 is 0 Å². The van der Waals surface area contributed by atoms with Crippen LogP contribution in [0.2, 0.25) is 0 Å². The van der Waals surface area contributed by atoms with Gasteiger partial charge in [0, 0.05) is 45.3 Å². The highest BCUT2D eigenvalue weighted by Gasteiger charge is 2.31. The van der Waals surface area contributed by atoms with Gasteiger partial charge >= 0.3 is 0 Å². The molecular weight excluding hydrogens is 1150 g/mol. The number of carbonyl (C=O) groups is 4. The van der Waals surface area contributed by atoms with Crippen LogP contribution < -0.4 is 23.8 Å². The van der Waals surface area contributed by atoms with Crippen LogP contribution in [0.3, 0.4) is 0 Å². The van der Waals surface area contributed by atoms with E-state index in [0.29, 0.717) is 72.7 Å². The summed E-state index contributed by atoms with van der Waals surface area (Å²) in [5.41, 5.74) is 6.13. The van der Waals surface area contributed by atoms with Gasteiger partial charge in [0.05, 0.1) is 22.8 Å². The van der Waals surface area contributed by atoms with Crippen molar-refractivity contribution in [3.63, 3.8) is 0 Å². The van der Waals surface area contributed by atoms with E-state index in [1.165, 1.54) is 0 Å². The molecular formula is C72H71N7O12. The molecule has 14 rings (SSSR count). The lowest BCUT2D eigenvalue weighted by Crippen LogP contribution is -2.30. The maximum Gasteiger partial charge on any atom is 0.295 e. The number of nitrogens with zero attached hydrogens (tertiary/aromatic N) is 7. The van der Waals surface area contributed by atoms with Crippen molar-refractivity contribution in [1.82, 2.24) is 29.7 Å². The molecule has 0 saturated carbocycles. The van der Waals surface area contributed by atoms with Gasteiger partial charge in [0.25, 0.3) is 17.7 Å². The molecule has 0 N–H and O–H groups in total. The van der Waals surface area contributed by atoms with Crippen molar-refractivity contribution < 1.29 is 55.8 Å². The van der Waals surface area contributed by atoms with E-state index in [4.69, 9.17) is 36.6 Å². The molecule has 0 fully saturated rings. The van der Waals surface area contributed by atoms with Crippen molar-refractivity contribution in [1.29, 1.82) is 0 Å². The van der Waals surface area contributed by atoms with E-state index in [1.54, 1.807) is 16.8 Å². The van der Waals surface area contributed by atoms with Crippen molar-refractivity contribution >= 4 is 29.2 Å². The number of carbonyl (C=O) groups excluding carboxylic acids is 4. The molecule has 10 aromatic rings. The van der Waals surface area contributed by atoms with Crippen molar-refractivity contribution in [2.45, 2.75) is 104 Å². The third-order valence-corrected chi connectivity index (χ3v) is 15.3. The molecule has 3 amide bonds. The summed E-state index contributed by atoms with van der Waals surface area (Å²) in [5.74, 6) is 6.00. The molecule has 7 heterocycles. The summed E-state index contributed by atoms with van der Waals surface area (Å²) in [5, 5.41) is 0. The van der Waals surface area contributed by atoms with Gasteiger partial charge in [-0.15, -0.1) is 0 Å². The molecule has 91 heavy (non-hydrogen) atoms. The number of benzene rings is 6. The van der Waals surface area contributed by atoms with E-state index in [2.05, 4.69) is 19.9 Å². The molecule has 3 aliphatic heterocycles. The van der Waals surface area contributed by atoms with Gasteiger partial charge in [-0.2, -0.15) is 0 Å². The summed E-state index contributed by atoms with van der Waals surface area (Å²) in [7, 11) is 1.78. The van der Waals surface area contributed by atoms with Gasteiger partial charge < -0.3 is 51.3 Å². The number of rotatable bonds is 15. The lowest BCUT2D eigenvalue weighted by atomic mass is 10.2. The highest BCUT2D eigenvalue weighted by atomic mass is 16.5. The summed E-state index contributed by atoms with van der Waals surface area (Å²) in [6, 6.07) is 55.9. The van der Waals surface area contributed by atoms with Crippen LogP contribution in [0.5, 0.6) is 23.0 Å². The smallest absolute Gasteiger partial charge is 0.295 e. The average molecular weight is 1230 g/mol. The number of oxazole rings is 4. The standard InChI is InChI=1S/2C21H20N2O3.C15H16N2O3.C15H15NO3/c1-15-9-11-16(12-10-15)23-13-5-8-18-20(21(23)24)26-19(22-18)14-25-17-6-3-2-4-7-17;24-21-20-18(12-7-13-23(21)14-16-8-3-1-4-9-16)22-19(26-20)15-25-17-10-5-2-6-11-17;1-17-9-5-8-12-14(15(17)18)20-13(16-12)10-19-11-6-3-2-4-7-11;17-13-9-5-4-8-12-15(13)19-14(16-12)10-18-11-6-2-1-3-7-11/h2-4,6-7,9-12H,5,8,13-14H2,1H3;1-6,8-11H,7,12-15H2;2-4,6-7H,5,8-10H2,1H3;1-3,6-7H,4-5,8-10H2. The van der Waals surface area contributed by atoms with E-state index in [0.717, 1.165) is 127 Å². The summed E-state index contributed by atoms with van der Waals surface area (Å²) >= 11 is 0. The maximum atomic E-state index is 13.0. The average Bonchev–Trinajstić information content (AvgIpc) is 2.02. The number of aryl methyl sites for hydroxylation is 5. The molecule has 0 atom stereocenters. The maximum absolute atomic E-state index is 13.0. The van der Waals surface area contributed by atoms with E-state index >= 15 is 0 Å². The van der Waals surface area contributed by atoms with Gasteiger partial charge in [0.15, 0.2) is 38.0 Å². The number of ether oxygens (including phenoxy) is 4. The van der Waals surface area contributed by atoms with Crippen LogP contribution in [0, 0.1) is 6.92 Å². The SMILES string of the molecule is CN1CCCc2nc(COc3ccccc3)oc2C1=O.Cc1ccc(N2CCCc3nc(COc4ccccc4)oc3C2=O)cc1.O=C1CCCCc2nc(COc3ccccc3)oc21.O=C1c2oc(COc3ccccc3)nc2CCCN1Cc1ccccc1. The summed E-state index contributed by atoms with van der Waals surface area (Å²) in [4.78, 5) is 72.7. The number of amides is 3. The van der Waals surface area contributed by atoms with E-state index in [9.17, 15) is 19.2 Å². The zero-order chi connectivity index (χ0) is 62.7. The van der Waals surface area contributed by atoms with Gasteiger partial charge in [-0.1, -0.05) is 121 Å². The molecule has 0 spiro atoms. The van der Waals surface area contributed by atoms with E-state index < -0.39 is 0 Å². The number of fused-ring (bicyclic) bond motifs is 4. The predicted octanol–water partition coefficient (Wildman–Crippen LogP) is 13.4. The Kier molecular flexibility index (Phi) is 20.9. The molecule has 466 valence electrons. The fourth-order valence-corrected chi connectivity index (χ4v) is 10.6. The molecule has 4 aromatic heterocycles. The number of para-hydroxylation sites is 4. The molecule has 19 nitrogen and oxygen atoms in total. The largest absolute Gasteiger partial charge is 0.484 e. The zero-order valence-corrected chi connectivity index (χ0v) is 51.0. The Labute approximate surface area is 527 Å². The lowest BCUT2D eigenvalue weighted by molar-refractivity contribution is 0.0712. The minimum absolute atomic E-state index is 0.0611. The normalized spacial score (nSPS) is 14.4. The summed E-state index contributed by atoms with van der Waals surface area (Å²) in [6.07, 6.45) is 8.12. The Morgan fingerprint density at radius 1 is 0.385 bits per heavy atom. The van der Waals surface area contributed by atoms with E-state index in [1.807, 2.05) is 188 Å². The summed E-state index contributed by atoms with van der Waals surface area (Å²) in [6.45, 7) is 5.60. The number of aromatic nitrogens is 4. The Morgan fingerprint density at radius 2 is 0.747 bits per heavy atom. The van der Waals surface area contributed by atoms with Crippen LogP contribution in [0.25, 0.3) is 0 Å². The number of Topliss-reactive ketones (excluding diaryl/α,β-unsaturated/α-hetero) is 1. The molecule has 0 unspecified atom stereocenters. The first kappa shape index (κ1) is 62.1. The molecule has 6 aromatic carbocycles. The first-order chi connectivity index (χ1) is 44.6. The zero-order valence-electron chi connectivity index (χ0n) is 51.0. The summed E-state index contributed by atoms with van der Waals surface area (Å²) < 4.78 is 45.1. The number of ketones is 1. The van der Waals surface area contributed by atoms with Crippen LogP contribution in [0.15, 0.2) is 194 Å². The molecule has 0 saturated heterocycles. The predicted molar refractivity (Wildman–Crippen MR) is 337 cm³/mol. The third-order valence-electron chi connectivity index (χ3n) is 15.3. The molecule has 0 bridgehead atoms. The first-order valence-electron chi connectivity index (χ1n) is 30.7. The number of hydrogen-bond donors (Lipinski definition) is 0. The number of hydrogen-bond acceptors (Lipinski definition) is 16. The molecule has 19 heteroatoms. The van der Waals surface area contributed by atoms with Crippen molar-refractivity contribution in [3.05, 3.63) is 256 Å². The van der Waals surface area contributed by atoms with Gasteiger partial charge in [-0.25, -0.2) is 19.9 Å². The van der Waals surface area contributed by atoms with Crippen LogP contribution in [-0.4, -0.2) is 79.9 Å². The van der Waals surface area contributed by atoms with Crippen molar-refractivity contribution in [2.75, 3.05) is 31.6 Å². The second-order valence-electron chi connectivity index (χ2n) is 22.1. The highest BCUT2D eigenvalue weighted by molar-refractivity contribution is 6.05. The molecule has 4 aliphatic rings. The van der Waals surface area contributed by atoms with Gasteiger partial charge in [0.1, 0.15) is 23.0 Å². The van der Waals surface area contributed by atoms with Crippen molar-refractivity contribution in [3.8, 4) is 23.0 Å². The first-order valence-corrected chi connectivity index (χ1v) is 30.7. The third kappa shape index (κ3) is 16.8.